The van der Waals surface area contributed by atoms with Gasteiger partial charge in [-0.2, -0.15) is 0 Å². The highest BCUT2D eigenvalue weighted by molar-refractivity contribution is 6.42. The first kappa shape index (κ1) is 16.9. The zero-order valence-electron chi connectivity index (χ0n) is 12.7. The number of anilines is 2. The van der Waals surface area contributed by atoms with Crippen LogP contribution in [-0.4, -0.2) is 5.91 Å². The Labute approximate surface area is 141 Å². The predicted octanol–water partition coefficient (Wildman–Crippen LogP) is 6.09. The van der Waals surface area contributed by atoms with Gasteiger partial charge >= 0.3 is 0 Å². The lowest BCUT2D eigenvalue weighted by Crippen LogP contribution is -2.31. The lowest BCUT2D eigenvalue weighted by molar-refractivity contribution is -0.121. The van der Waals surface area contributed by atoms with E-state index in [0.29, 0.717) is 10.0 Å². The van der Waals surface area contributed by atoms with Crippen LogP contribution in [-0.2, 0) is 4.79 Å². The third-order valence-electron chi connectivity index (χ3n) is 3.54. The minimum absolute atomic E-state index is 0.0559. The quantitative estimate of drug-likeness (QED) is 0.646. The SMILES string of the molecule is CCCC(C)C(=O)N(c1ccccc1)c1ccc(Cl)c(Cl)c1. The summed E-state index contributed by atoms with van der Waals surface area (Å²) < 4.78 is 0. The van der Waals surface area contributed by atoms with Crippen LogP contribution < -0.4 is 4.90 Å². The van der Waals surface area contributed by atoms with E-state index in [1.165, 1.54) is 0 Å². The molecule has 0 N–H and O–H groups in total. The maximum Gasteiger partial charge on any atom is 0.234 e. The van der Waals surface area contributed by atoms with Crippen molar-refractivity contribution in [2.45, 2.75) is 26.7 Å². The summed E-state index contributed by atoms with van der Waals surface area (Å²) >= 11 is 12.1. The molecule has 22 heavy (non-hydrogen) atoms. The molecule has 1 unspecified atom stereocenters. The Morgan fingerprint density at radius 2 is 1.73 bits per heavy atom. The summed E-state index contributed by atoms with van der Waals surface area (Å²) in [5.74, 6) is 0.00565. The molecule has 4 heteroatoms. The number of para-hydroxylation sites is 1. The molecule has 2 aromatic carbocycles. The fourth-order valence-corrected chi connectivity index (χ4v) is 2.67. The van der Waals surface area contributed by atoms with Gasteiger partial charge in [0.05, 0.1) is 15.7 Å². The van der Waals surface area contributed by atoms with Crippen molar-refractivity contribution in [3.8, 4) is 0 Å². The average molecular weight is 336 g/mol. The van der Waals surface area contributed by atoms with Crippen LogP contribution in [0.25, 0.3) is 0 Å². The first-order valence-electron chi connectivity index (χ1n) is 7.38. The van der Waals surface area contributed by atoms with Gasteiger partial charge in [0, 0.05) is 11.6 Å². The number of carbonyl (C=O) groups excluding carboxylic acids is 1. The Morgan fingerprint density at radius 1 is 1.05 bits per heavy atom. The molecular weight excluding hydrogens is 317 g/mol. The molecular formula is C18H19Cl2NO. The number of nitrogens with zero attached hydrogens (tertiary/aromatic N) is 1. The average Bonchev–Trinajstić information content (AvgIpc) is 2.52. The number of rotatable bonds is 5. The molecule has 1 amide bonds. The topological polar surface area (TPSA) is 20.3 Å². The van der Waals surface area contributed by atoms with Crippen molar-refractivity contribution in [1.29, 1.82) is 0 Å². The van der Waals surface area contributed by atoms with Crippen molar-refractivity contribution in [3.05, 3.63) is 58.6 Å². The second-order valence-electron chi connectivity index (χ2n) is 5.30. The van der Waals surface area contributed by atoms with Crippen LogP contribution in [0, 0.1) is 5.92 Å². The molecule has 0 fully saturated rings. The molecule has 2 aromatic rings. The van der Waals surface area contributed by atoms with Gasteiger partial charge < -0.3 is 0 Å². The van der Waals surface area contributed by atoms with E-state index in [0.717, 1.165) is 24.2 Å². The molecule has 0 radical (unpaired) electrons. The zero-order valence-corrected chi connectivity index (χ0v) is 14.2. The Morgan fingerprint density at radius 3 is 2.32 bits per heavy atom. The molecule has 0 aliphatic rings. The second kappa shape index (κ2) is 7.66. The number of amides is 1. The molecule has 2 rings (SSSR count). The molecule has 1 atom stereocenters. The monoisotopic (exact) mass is 335 g/mol. The van der Waals surface area contributed by atoms with E-state index in [4.69, 9.17) is 23.2 Å². The van der Waals surface area contributed by atoms with Gasteiger partial charge in [-0.3, -0.25) is 9.69 Å². The van der Waals surface area contributed by atoms with Crippen LogP contribution >= 0.6 is 23.2 Å². The third kappa shape index (κ3) is 3.82. The largest absolute Gasteiger partial charge is 0.281 e. The normalized spacial score (nSPS) is 12.0. The van der Waals surface area contributed by atoms with Gasteiger partial charge in [0.15, 0.2) is 0 Å². The minimum Gasteiger partial charge on any atom is -0.281 e. The van der Waals surface area contributed by atoms with Crippen LogP contribution in [0.1, 0.15) is 26.7 Å². The Kier molecular flexibility index (Phi) is 5.87. The van der Waals surface area contributed by atoms with Gasteiger partial charge in [-0.15, -0.1) is 0 Å². The summed E-state index contributed by atoms with van der Waals surface area (Å²) in [7, 11) is 0. The Balaban J connectivity index is 2.46. The van der Waals surface area contributed by atoms with Crippen LogP contribution in [0.2, 0.25) is 10.0 Å². The van der Waals surface area contributed by atoms with E-state index in [-0.39, 0.29) is 11.8 Å². The van der Waals surface area contributed by atoms with Gasteiger partial charge in [0.1, 0.15) is 0 Å². The van der Waals surface area contributed by atoms with Gasteiger partial charge in [-0.25, -0.2) is 0 Å². The second-order valence-corrected chi connectivity index (χ2v) is 6.11. The van der Waals surface area contributed by atoms with E-state index in [2.05, 4.69) is 6.92 Å². The van der Waals surface area contributed by atoms with Gasteiger partial charge in [0.2, 0.25) is 5.91 Å². The first-order chi connectivity index (χ1) is 10.5. The van der Waals surface area contributed by atoms with Crippen LogP contribution in [0.4, 0.5) is 11.4 Å². The van der Waals surface area contributed by atoms with Crippen LogP contribution in [0.5, 0.6) is 0 Å². The van der Waals surface area contributed by atoms with Crippen LogP contribution in [0.15, 0.2) is 48.5 Å². The molecule has 0 spiro atoms. The maximum atomic E-state index is 12.9. The number of benzene rings is 2. The van der Waals surface area contributed by atoms with E-state index in [9.17, 15) is 4.79 Å². The predicted molar refractivity (Wildman–Crippen MR) is 94.1 cm³/mol. The van der Waals surface area contributed by atoms with Crippen molar-refractivity contribution in [2.24, 2.45) is 5.92 Å². The number of carbonyl (C=O) groups is 1. The fourth-order valence-electron chi connectivity index (χ4n) is 2.38. The smallest absolute Gasteiger partial charge is 0.234 e. The Hall–Kier alpha value is -1.51. The standard InChI is InChI=1S/C18H19Cl2NO/c1-3-7-13(2)18(22)21(14-8-5-4-6-9-14)15-10-11-16(19)17(20)12-15/h4-6,8-13H,3,7H2,1-2H3. The van der Waals surface area contributed by atoms with E-state index in [1.807, 2.05) is 43.3 Å². The minimum atomic E-state index is -0.0559. The molecule has 116 valence electrons. The highest BCUT2D eigenvalue weighted by Gasteiger charge is 2.23. The highest BCUT2D eigenvalue weighted by Crippen LogP contribution is 2.33. The van der Waals surface area contributed by atoms with E-state index in [1.54, 1.807) is 17.0 Å². The van der Waals surface area contributed by atoms with Crippen LogP contribution in [0.3, 0.4) is 0 Å². The summed E-state index contributed by atoms with van der Waals surface area (Å²) in [5.41, 5.74) is 1.56. The van der Waals surface area contributed by atoms with Crippen molar-refractivity contribution in [3.63, 3.8) is 0 Å². The summed E-state index contributed by atoms with van der Waals surface area (Å²) in [6, 6.07) is 14.8. The molecule has 2 nitrogen and oxygen atoms in total. The number of halogens is 2. The van der Waals surface area contributed by atoms with Crippen molar-refractivity contribution in [1.82, 2.24) is 0 Å². The van der Waals surface area contributed by atoms with E-state index >= 15 is 0 Å². The fraction of sp³-hybridized carbons (Fsp3) is 0.278. The summed E-state index contributed by atoms with van der Waals surface area (Å²) in [6.45, 7) is 4.04. The molecule has 0 aliphatic carbocycles. The molecule has 0 aromatic heterocycles. The van der Waals surface area contributed by atoms with Crippen molar-refractivity contribution in [2.75, 3.05) is 4.90 Å². The first-order valence-corrected chi connectivity index (χ1v) is 8.14. The van der Waals surface area contributed by atoms with Crippen molar-refractivity contribution >= 4 is 40.5 Å². The molecule has 0 heterocycles. The van der Waals surface area contributed by atoms with Gasteiger partial charge in [-0.1, -0.05) is 61.7 Å². The van der Waals surface area contributed by atoms with E-state index < -0.39 is 0 Å². The Bertz CT molecular complexity index is 643. The molecule has 0 saturated heterocycles. The highest BCUT2D eigenvalue weighted by atomic mass is 35.5. The number of hydrogen-bond acceptors (Lipinski definition) is 1. The number of hydrogen-bond donors (Lipinski definition) is 0. The lowest BCUT2D eigenvalue weighted by atomic mass is 10.0. The third-order valence-corrected chi connectivity index (χ3v) is 4.28. The lowest BCUT2D eigenvalue weighted by Gasteiger charge is -2.26. The zero-order chi connectivity index (χ0) is 16.1. The molecule has 0 bridgehead atoms. The summed E-state index contributed by atoms with van der Waals surface area (Å²) in [6.07, 6.45) is 1.82. The maximum absolute atomic E-state index is 12.9. The molecule has 0 saturated carbocycles. The van der Waals surface area contributed by atoms with Gasteiger partial charge in [-0.05, 0) is 36.8 Å². The summed E-state index contributed by atoms with van der Waals surface area (Å²) in [4.78, 5) is 14.6. The molecule has 0 aliphatic heterocycles. The van der Waals surface area contributed by atoms with Gasteiger partial charge in [0.25, 0.3) is 0 Å². The summed E-state index contributed by atoms with van der Waals surface area (Å²) in [5, 5.41) is 0.920. The van der Waals surface area contributed by atoms with Crippen molar-refractivity contribution < 1.29 is 4.79 Å².